The van der Waals surface area contributed by atoms with Gasteiger partial charge in [0.2, 0.25) is 0 Å². The van der Waals surface area contributed by atoms with Crippen LogP contribution in [0.25, 0.3) is 0 Å². The number of carboxylic acids is 1. The third-order valence-corrected chi connectivity index (χ3v) is 5.44. The van der Waals surface area contributed by atoms with E-state index in [4.69, 9.17) is 0 Å². The van der Waals surface area contributed by atoms with Crippen molar-refractivity contribution in [2.24, 2.45) is 0 Å². The fourth-order valence-corrected chi connectivity index (χ4v) is 4.32. The molecule has 0 spiro atoms. The first kappa shape index (κ1) is 14.9. The lowest BCUT2D eigenvalue weighted by molar-refractivity contribution is 0.0623. The van der Waals surface area contributed by atoms with E-state index in [-0.39, 0.29) is 23.6 Å². The second-order valence-corrected chi connectivity index (χ2v) is 6.74. The van der Waals surface area contributed by atoms with Gasteiger partial charge in [0.25, 0.3) is 5.91 Å². The lowest BCUT2D eigenvalue weighted by Gasteiger charge is -2.29. The molecule has 2 heterocycles. The van der Waals surface area contributed by atoms with Crippen molar-refractivity contribution in [1.82, 2.24) is 4.90 Å². The van der Waals surface area contributed by atoms with Crippen LogP contribution in [0, 0.1) is 0 Å². The molecule has 0 aromatic heterocycles. The number of benzene rings is 2. The first-order chi connectivity index (χ1) is 11.5. The molecule has 1 N–H and O–H groups in total. The molecule has 122 valence electrons. The molecular formula is C20H19NO3. The number of fused-ring (bicyclic) bond motifs is 4. The molecule has 0 fully saturated rings. The molecule has 0 bridgehead atoms. The van der Waals surface area contributed by atoms with E-state index in [9.17, 15) is 14.7 Å². The first-order valence-corrected chi connectivity index (χ1v) is 8.28. The van der Waals surface area contributed by atoms with Gasteiger partial charge < -0.3 is 10.0 Å². The molecule has 0 saturated carbocycles. The zero-order valence-corrected chi connectivity index (χ0v) is 13.7. The van der Waals surface area contributed by atoms with Gasteiger partial charge in [-0.25, -0.2) is 4.79 Å². The van der Waals surface area contributed by atoms with Gasteiger partial charge in [0.15, 0.2) is 0 Å². The molecule has 24 heavy (non-hydrogen) atoms. The topological polar surface area (TPSA) is 57.6 Å². The van der Waals surface area contributed by atoms with Gasteiger partial charge in [-0.15, -0.1) is 0 Å². The Labute approximate surface area is 140 Å². The number of carbonyl (C=O) groups is 2. The number of aromatic carboxylic acids is 1. The predicted molar refractivity (Wildman–Crippen MR) is 90.2 cm³/mol. The van der Waals surface area contributed by atoms with Crippen LogP contribution in [0.15, 0.2) is 42.5 Å². The molecular weight excluding hydrogens is 302 g/mol. The van der Waals surface area contributed by atoms with Gasteiger partial charge in [0.05, 0.1) is 23.2 Å². The maximum Gasteiger partial charge on any atom is 0.336 e. The van der Waals surface area contributed by atoms with Gasteiger partial charge in [-0.2, -0.15) is 0 Å². The summed E-state index contributed by atoms with van der Waals surface area (Å²) < 4.78 is 0. The minimum absolute atomic E-state index is 0.0656. The minimum Gasteiger partial charge on any atom is -0.478 e. The van der Waals surface area contributed by atoms with Gasteiger partial charge in [-0.05, 0) is 42.0 Å². The van der Waals surface area contributed by atoms with E-state index in [1.165, 1.54) is 11.6 Å². The second kappa shape index (κ2) is 5.20. The van der Waals surface area contributed by atoms with Gasteiger partial charge in [-0.3, -0.25) is 4.79 Å². The Kier molecular flexibility index (Phi) is 3.23. The van der Waals surface area contributed by atoms with E-state index in [0.29, 0.717) is 11.5 Å². The Morgan fingerprint density at radius 3 is 2.42 bits per heavy atom. The molecule has 0 unspecified atom stereocenters. The van der Waals surface area contributed by atoms with E-state index in [1.807, 2.05) is 30.0 Å². The zero-order valence-electron chi connectivity index (χ0n) is 13.7. The van der Waals surface area contributed by atoms with Crippen LogP contribution in [0.1, 0.15) is 75.7 Å². The number of hydrogen-bond acceptors (Lipinski definition) is 2. The van der Waals surface area contributed by atoms with Crippen molar-refractivity contribution in [2.75, 3.05) is 0 Å². The summed E-state index contributed by atoms with van der Waals surface area (Å²) >= 11 is 0. The summed E-state index contributed by atoms with van der Waals surface area (Å²) in [7, 11) is 0. The van der Waals surface area contributed by atoms with Crippen LogP contribution >= 0.6 is 0 Å². The molecule has 2 aliphatic rings. The highest BCUT2D eigenvalue weighted by atomic mass is 16.4. The highest BCUT2D eigenvalue weighted by Gasteiger charge is 2.44. The third kappa shape index (κ3) is 1.92. The molecule has 4 heteroatoms. The largest absolute Gasteiger partial charge is 0.478 e. The Morgan fingerprint density at radius 2 is 1.71 bits per heavy atom. The molecule has 0 radical (unpaired) electrons. The standard InChI is InChI=1S/C20H19NO3/c1-11-10-17-15-8-5-9-16(20(23)24)18(15)19(22)21(17)12(2)14-7-4-3-6-13(11)14/h3-9,11-12,17H,10H2,1-2H3,(H,23,24)/t11-,12+,17+/m1/s1. The molecule has 2 aromatic rings. The van der Waals surface area contributed by atoms with Crippen molar-refractivity contribution < 1.29 is 14.7 Å². The average Bonchev–Trinajstić information content (AvgIpc) is 2.80. The van der Waals surface area contributed by atoms with E-state index in [2.05, 4.69) is 19.1 Å². The summed E-state index contributed by atoms with van der Waals surface area (Å²) in [5, 5.41) is 9.46. The van der Waals surface area contributed by atoms with E-state index in [1.54, 1.807) is 6.07 Å². The maximum atomic E-state index is 13.1. The fraction of sp³-hybridized carbons (Fsp3) is 0.300. The number of amides is 1. The van der Waals surface area contributed by atoms with Crippen molar-refractivity contribution >= 4 is 11.9 Å². The monoisotopic (exact) mass is 321 g/mol. The molecule has 4 nitrogen and oxygen atoms in total. The normalized spacial score (nSPS) is 24.8. The van der Waals surface area contributed by atoms with E-state index >= 15 is 0 Å². The van der Waals surface area contributed by atoms with Crippen LogP contribution in [0.2, 0.25) is 0 Å². The summed E-state index contributed by atoms with van der Waals surface area (Å²) in [6.07, 6.45) is 0.809. The summed E-state index contributed by atoms with van der Waals surface area (Å²) in [4.78, 5) is 26.5. The Hall–Kier alpha value is -2.62. The summed E-state index contributed by atoms with van der Waals surface area (Å²) in [5.74, 6) is -0.894. The summed E-state index contributed by atoms with van der Waals surface area (Å²) in [6, 6.07) is 13.3. The van der Waals surface area contributed by atoms with Crippen molar-refractivity contribution in [3.05, 3.63) is 70.3 Å². The Morgan fingerprint density at radius 1 is 1.04 bits per heavy atom. The molecule has 0 saturated heterocycles. The molecule has 2 aliphatic heterocycles. The highest BCUT2D eigenvalue weighted by Crippen LogP contribution is 2.49. The van der Waals surface area contributed by atoms with Crippen LogP contribution in [0.5, 0.6) is 0 Å². The summed E-state index contributed by atoms with van der Waals surface area (Å²) in [6.45, 7) is 4.21. The quantitative estimate of drug-likeness (QED) is 0.858. The minimum atomic E-state index is -1.04. The van der Waals surface area contributed by atoms with Crippen LogP contribution in [0.3, 0.4) is 0 Å². The second-order valence-electron chi connectivity index (χ2n) is 6.74. The van der Waals surface area contributed by atoms with Gasteiger partial charge in [-0.1, -0.05) is 43.3 Å². The van der Waals surface area contributed by atoms with Gasteiger partial charge >= 0.3 is 5.97 Å². The Balaban J connectivity index is 1.91. The number of carbonyl (C=O) groups excluding carboxylic acids is 1. The number of rotatable bonds is 1. The lowest BCUT2D eigenvalue weighted by atomic mass is 9.88. The van der Waals surface area contributed by atoms with E-state index < -0.39 is 5.97 Å². The molecule has 2 aromatic carbocycles. The van der Waals surface area contributed by atoms with Gasteiger partial charge in [0, 0.05) is 0 Å². The van der Waals surface area contributed by atoms with Crippen molar-refractivity contribution in [2.45, 2.75) is 38.3 Å². The fourth-order valence-electron chi connectivity index (χ4n) is 4.32. The molecule has 3 atom stereocenters. The van der Waals surface area contributed by atoms with E-state index in [0.717, 1.165) is 17.5 Å². The van der Waals surface area contributed by atoms with Crippen molar-refractivity contribution in [1.29, 1.82) is 0 Å². The molecule has 4 rings (SSSR count). The smallest absolute Gasteiger partial charge is 0.336 e. The van der Waals surface area contributed by atoms with Crippen LogP contribution in [0.4, 0.5) is 0 Å². The number of nitrogens with zero attached hydrogens (tertiary/aromatic N) is 1. The number of hydrogen-bond donors (Lipinski definition) is 1. The summed E-state index contributed by atoms with van der Waals surface area (Å²) in [5.41, 5.74) is 3.77. The Bertz CT molecular complexity index is 858. The predicted octanol–water partition coefficient (Wildman–Crippen LogP) is 4.15. The van der Waals surface area contributed by atoms with Crippen molar-refractivity contribution in [3.8, 4) is 0 Å². The van der Waals surface area contributed by atoms with Crippen LogP contribution in [-0.4, -0.2) is 21.9 Å². The van der Waals surface area contributed by atoms with Gasteiger partial charge in [0.1, 0.15) is 0 Å². The SMILES string of the molecule is C[C@@H]1C[C@H]2c3cccc(C(=O)O)c3C(=O)N2[C@@H](C)c2ccccc21. The third-order valence-electron chi connectivity index (χ3n) is 5.44. The maximum absolute atomic E-state index is 13.1. The van der Waals surface area contributed by atoms with Crippen LogP contribution < -0.4 is 0 Å². The van der Waals surface area contributed by atoms with Crippen molar-refractivity contribution in [3.63, 3.8) is 0 Å². The zero-order chi connectivity index (χ0) is 17.0. The lowest BCUT2D eigenvalue weighted by Crippen LogP contribution is -2.30. The average molecular weight is 321 g/mol. The number of carboxylic acid groups (broad SMARTS) is 1. The molecule has 0 aliphatic carbocycles. The molecule has 1 amide bonds. The highest BCUT2D eigenvalue weighted by molar-refractivity contribution is 6.08. The van der Waals surface area contributed by atoms with Crippen LogP contribution in [-0.2, 0) is 0 Å². The first-order valence-electron chi connectivity index (χ1n) is 8.28.